The molecule has 1 aromatic heterocycles. The molecule has 0 saturated heterocycles. The predicted molar refractivity (Wildman–Crippen MR) is 94.5 cm³/mol. The Bertz CT molecular complexity index is 888. The maximum absolute atomic E-state index is 12.6. The summed E-state index contributed by atoms with van der Waals surface area (Å²) in [5, 5.41) is 2.18. The van der Waals surface area contributed by atoms with E-state index in [0.29, 0.717) is 21.5 Å². The van der Waals surface area contributed by atoms with Crippen LogP contribution in [-0.2, 0) is 6.54 Å². The van der Waals surface area contributed by atoms with Gasteiger partial charge in [0, 0.05) is 21.3 Å². The number of aromatic nitrogens is 1. The average Bonchev–Trinajstić information content (AvgIpc) is 3.09. The van der Waals surface area contributed by atoms with Gasteiger partial charge in [-0.15, -0.1) is 11.3 Å². The molecule has 0 aliphatic carbocycles. The van der Waals surface area contributed by atoms with Gasteiger partial charge in [0.25, 0.3) is 5.91 Å². The van der Waals surface area contributed by atoms with Gasteiger partial charge < -0.3 is 4.90 Å². The molecule has 0 spiro atoms. The van der Waals surface area contributed by atoms with Crippen LogP contribution in [0, 0.1) is 0 Å². The number of hydrogen-bond donors (Lipinski definition) is 0. The highest BCUT2D eigenvalue weighted by molar-refractivity contribution is 7.17. The van der Waals surface area contributed by atoms with E-state index in [1.807, 2.05) is 36.4 Å². The molecule has 0 N–H and O–H groups in total. The number of carbonyl (C=O) groups is 1. The van der Waals surface area contributed by atoms with Gasteiger partial charge in [-0.25, -0.2) is 4.98 Å². The zero-order valence-corrected chi connectivity index (χ0v) is 14.1. The van der Waals surface area contributed by atoms with E-state index in [4.69, 9.17) is 23.2 Å². The summed E-state index contributed by atoms with van der Waals surface area (Å²) in [4.78, 5) is 19.7. The number of carbonyl (C=O) groups excluding carboxylic acids is 1. The van der Waals surface area contributed by atoms with E-state index in [1.54, 1.807) is 17.0 Å². The monoisotopic (exact) mass is 360 g/mol. The molecule has 0 unspecified atom stereocenters. The van der Waals surface area contributed by atoms with Crippen molar-refractivity contribution in [3.63, 3.8) is 0 Å². The maximum Gasteiger partial charge on any atom is 0.270 e. The molecule has 23 heavy (non-hydrogen) atoms. The minimum absolute atomic E-state index is 0.0139. The summed E-state index contributed by atoms with van der Waals surface area (Å²) in [6.45, 7) is 0.486. The Kier molecular flexibility index (Phi) is 3.60. The van der Waals surface area contributed by atoms with Crippen LogP contribution in [0.2, 0.25) is 10.0 Å². The fraction of sp³-hybridized carbons (Fsp3) is 0.0588. The Hall–Kier alpha value is -1.88. The highest BCUT2D eigenvalue weighted by atomic mass is 35.5. The zero-order valence-electron chi connectivity index (χ0n) is 11.8. The van der Waals surface area contributed by atoms with Crippen molar-refractivity contribution in [3.8, 4) is 10.6 Å². The topological polar surface area (TPSA) is 33.2 Å². The number of fused-ring (bicyclic) bond motifs is 1. The van der Waals surface area contributed by atoms with Gasteiger partial charge in [0.05, 0.1) is 12.2 Å². The second kappa shape index (κ2) is 5.64. The molecule has 2 aromatic carbocycles. The van der Waals surface area contributed by atoms with E-state index >= 15 is 0 Å². The largest absolute Gasteiger partial charge is 0.302 e. The van der Waals surface area contributed by atoms with E-state index < -0.39 is 0 Å². The second-order valence-corrected chi connectivity index (χ2v) is 7.04. The highest BCUT2D eigenvalue weighted by Crippen LogP contribution is 2.36. The molecule has 114 valence electrons. The molecular formula is C17H10Cl2N2OS. The Morgan fingerprint density at radius 2 is 1.57 bits per heavy atom. The lowest BCUT2D eigenvalue weighted by Crippen LogP contribution is -2.22. The van der Waals surface area contributed by atoms with Gasteiger partial charge in [0.1, 0.15) is 9.88 Å². The van der Waals surface area contributed by atoms with Crippen LogP contribution < -0.4 is 4.90 Å². The minimum atomic E-state index is -0.0139. The SMILES string of the molecule is O=C1c2sc(-c3ccc(Cl)cc3)nc2CN1c1ccc(Cl)cc1. The number of thiazole rings is 1. The lowest BCUT2D eigenvalue weighted by molar-refractivity contribution is 0.1000. The molecule has 1 aliphatic rings. The van der Waals surface area contributed by atoms with E-state index in [-0.39, 0.29) is 5.91 Å². The van der Waals surface area contributed by atoms with Crippen molar-refractivity contribution in [2.75, 3.05) is 4.90 Å². The molecule has 4 rings (SSSR count). The van der Waals surface area contributed by atoms with Crippen LogP contribution in [0.1, 0.15) is 15.4 Å². The molecular weight excluding hydrogens is 351 g/mol. The number of rotatable bonds is 2. The fourth-order valence-electron chi connectivity index (χ4n) is 2.52. The molecule has 6 heteroatoms. The Morgan fingerprint density at radius 3 is 2.17 bits per heavy atom. The molecule has 1 amide bonds. The first kappa shape index (κ1) is 14.7. The standard InChI is InChI=1S/C17H10Cl2N2OS/c18-11-3-1-10(2-4-11)16-20-14-9-21(17(22)15(14)23-16)13-7-5-12(19)6-8-13/h1-8H,9H2. The molecule has 0 fully saturated rings. The summed E-state index contributed by atoms with van der Waals surface area (Å²) >= 11 is 13.2. The van der Waals surface area contributed by atoms with Crippen molar-refractivity contribution in [1.29, 1.82) is 0 Å². The summed E-state index contributed by atoms with van der Waals surface area (Å²) in [6.07, 6.45) is 0. The van der Waals surface area contributed by atoms with Crippen LogP contribution in [0.15, 0.2) is 48.5 Å². The Balaban J connectivity index is 1.65. The quantitative estimate of drug-likeness (QED) is 0.622. The molecule has 0 atom stereocenters. The van der Waals surface area contributed by atoms with Crippen LogP contribution in [0.4, 0.5) is 5.69 Å². The predicted octanol–water partition coefficient (Wildman–Crippen LogP) is 5.28. The molecule has 3 nitrogen and oxygen atoms in total. The normalized spacial score (nSPS) is 13.5. The summed E-state index contributed by atoms with van der Waals surface area (Å²) in [6, 6.07) is 14.7. The first-order valence-corrected chi connectivity index (χ1v) is 8.52. The third kappa shape index (κ3) is 2.63. The van der Waals surface area contributed by atoms with Crippen LogP contribution in [0.25, 0.3) is 10.6 Å². The molecule has 2 heterocycles. The van der Waals surface area contributed by atoms with Gasteiger partial charge in [0.15, 0.2) is 0 Å². The van der Waals surface area contributed by atoms with Gasteiger partial charge in [0.2, 0.25) is 0 Å². The summed E-state index contributed by atoms with van der Waals surface area (Å²) in [5.74, 6) is -0.0139. The molecule has 0 radical (unpaired) electrons. The number of amides is 1. The first-order chi connectivity index (χ1) is 11.1. The summed E-state index contributed by atoms with van der Waals surface area (Å²) in [7, 11) is 0. The van der Waals surface area contributed by atoms with E-state index in [9.17, 15) is 4.79 Å². The van der Waals surface area contributed by atoms with Gasteiger partial charge in [-0.1, -0.05) is 35.3 Å². The third-order valence-electron chi connectivity index (χ3n) is 3.67. The number of nitrogens with zero attached hydrogens (tertiary/aromatic N) is 2. The highest BCUT2D eigenvalue weighted by Gasteiger charge is 2.32. The summed E-state index contributed by atoms with van der Waals surface area (Å²) in [5.41, 5.74) is 2.62. The average molecular weight is 361 g/mol. The van der Waals surface area contributed by atoms with Crippen LogP contribution in [0.5, 0.6) is 0 Å². The fourth-order valence-corrected chi connectivity index (χ4v) is 3.80. The van der Waals surface area contributed by atoms with Crippen LogP contribution in [-0.4, -0.2) is 10.9 Å². The van der Waals surface area contributed by atoms with Gasteiger partial charge in [-0.05, 0) is 36.4 Å². The van der Waals surface area contributed by atoms with Crippen molar-refractivity contribution < 1.29 is 4.79 Å². The van der Waals surface area contributed by atoms with Crippen LogP contribution >= 0.6 is 34.5 Å². The van der Waals surface area contributed by atoms with E-state index in [0.717, 1.165) is 22.0 Å². The zero-order chi connectivity index (χ0) is 16.0. The summed E-state index contributed by atoms with van der Waals surface area (Å²) < 4.78 is 0. The minimum Gasteiger partial charge on any atom is -0.302 e. The number of halogens is 2. The molecule has 0 saturated carbocycles. The van der Waals surface area contributed by atoms with Crippen molar-refractivity contribution in [3.05, 3.63) is 69.1 Å². The van der Waals surface area contributed by atoms with E-state index in [1.165, 1.54) is 11.3 Å². The lowest BCUT2D eigenvalue weighted by Gasteiger charge is -2.15. The molecule has 1 aliphatic heterocycles. The van der Waals surface area contributed by atoms with Gasteiger partial charge >= 0.3 is 0 Å². The van der Waals surface area contributed by atoms with Gasteiger partial charge in [-0.2, -0.15) is 0 Å². The Labute approximate surface area is 147 Å². The van der Waals surface area contributed by atoms with Gasteiger partial charge in [-0.3, -0.25) is 4.79 Å². The van der Waals surface area contributed by atoms with Crippen molar-refractivity contribution in [1.82, 2.24) is 4.98 Å². The van der Waals surface area contributed by atoms with Crippen LogP contribution in [0.3, 0.4) is 0 Å². The second-order valence-electron chi connectivity index (χ2n) is 5.17. The number of benzene rings is 2. The van der Waals surface area contributed by atoms with Crippen molar-refractivity contribution in [2.24, 2.45) is 0 Å². The lowest BCUT2D eigenvalue weighted by atomic mass is 10.2. The smallest absolute Gasteiger partial charge is 0.270 e. The molecule has 3 aromatic rings. The first-order valence-electron chi connectivity index (χ1n) is 6.95. The van der Waals surface area contributed by atoms with Crippen molar-refractivity contribution in [2.45, 2.75) is 6.54 Å². The van der Waals surface area contributed by atoms with E-state index in [2.05, 4.69) is 4.98 Å². The number of anilines is 1. The molecule has 0 bridgehead atoms. The third-order valence-corrected chi connectivity index (χ3v) is 5.31. The maximum atomic E-state index is 12.6. The number of hydrogen-bond acceptors (Lipinski definition) is 3. The van der Waals surface area contributed by atoms with Crippen molar-refractivity contribution >= 4 is 46.1 Å². The Morgan fingerprint density at radius 1 is 0.957 bits per heavy atom.